The van der Waals surface area contributed by atoms with Gasteiger partial charge in [0.25, 0.3) is 0 Å². The third-order valence-corrected chi connectivity index (χ3v) is 2.31. The molecule has 0 unspecified atom stereocenters. The summed E-state index contributed by atoms with van der Waals surface area (Å²) in [6, 6.07) is 4.99. The standard InChI is InChI=1S/C11H11ClN4O/c1-7-15-9(12)5-10(16-7)14-6-8-2-3-13-11(17)4-8/h2-5H,6H2,1H3,(H,13,17)(H,14,15,16). The maximum atomic E-state index is 11.1. The van der Waals surface area contributed by atoms with Crippen molar-refractivity contribution in [2.45, 2.75) is 13.5 Å². The predicted molar refractivity (Wildman–Crippen MR) is 66.2 cm³/mol. The summed E-state index contributed by atoms with van der Waals surface area (Å²) in [6.07, 6.45) is 1.61. The summed E-state index contributed by atoms with van der Waals surface area (Å²) in [5.74, 6) is 1.24. The van der Waals surface area contributed by atoms with Gasteiger partial charge in [-0.3, -0.25) is 4.79 Å². The van der Waals surface area contributed by atoms with Gasteiger partial charge >= 0.3 is 0 Å². The molecule has 5 nitrogen and oxygen atoms in total. The number of halogens is 1. The summed E-state index contributed by atoms with van der Waals surface area (Å²) in [5.41, 5.74) is 0.752. The van der Waals surface area contributed by atoms with E-state index in [9.17, 15) is 4.79 Å². The minimum absolute atomic E-state index is 0.124. The Bertz CT molecular complexity index is 561. The van der Waals surface area contributed by atoms with Crippen LogP contribution in [0.1, 0.15) is 11.4 Å². The first-order valence-electron chi connectivity index (χ1n) is 5.06. The summed E-state index contributed by atoms with van der Waals surface area (Å²) in [6.45, 7) is 2.28. The molecule has 0 aliphatic carbocycles. The highest BCUT2D eigenvalue weighted by Gasteiger charge is 2.00. The number of anilines is 1. The molecule has 2 aromatic rings. The van der Waals surface area contributed by atoms with Gasteiger partial charge in [0.15, 0.2) is 0 Å². The Hall–Kier alpha value is -1.88. The summed E-state index contributed by atoms with van der Waals surface area (Å²) in [5, 5.41) is 3.48. The van der Waals surface area contributed by atoms with E-state index in [4.69, 9.17) is 11.6 Å². The number of H-pyrrole nitrogens is 1. The van der Waals surface area contributed by atoms with Crippen molar-refractivity contribution in [3.05, 3.63) is 51.3 Å². The second kappa shape index (κ2) is 4.97. The molecule has 88 valence electrons. The van der Waals surface area contributed by atoms with Gasteiger partial charge < -0.3 is 10.3 Å². The molecule has 2 aromatic heterocycles. The van der Waals surface area contributed by atoms with Crippen LogP contribution in [0.3, 0.4) is 0 Å². The average Bonchev–Trinajstić information content (AvgIpc) is 2.25. The number of aromatic nitrogens is 3. The highest BCUT2D eigenvalue weighted by atomic mass is 35.5. The van der Waals surface area contributed by atoms with Gasteiger partial charge in [0.2, 0.25) is 5.56 Å². The molecule has 17 heavy (non-hydrogen) atoms. The number of hydrogen-bond donors (Lipinski definition) is 2. The Morgan fingerprint density at radius 1 is 1.41 bits per heavy atom. The first-order chi connectivity index (χ1) is 8.13. The second-order valence-corrected chi connectivity index (χ2v) is 3.93. The molecule has 0 bridgehead atoms. The van der Waals surface area contributed by atoms with Gasteiger partial charge in [0, 0.05) is 24.9 Å². The molecule has 0 atom stereocenters. The van der Waals surface area contributed by atoms with Gasteiger partial charge in [-0.2, -0.15) is 0 Å². The molecule has 6 heteroatoms. The number of nitrogens with zero attached hydrogens (tertiary/aromatic N) is 2. The molecule has 0 fully saturated rings. The van der Waals surface area contributed by atoms with Crippen LogP contribution in [0.2, 0.25) is 5.15 Å². The van der Waals surface area contributed by atoms with E-state index in [0.29, 0.717) is 23.3 Å². The Kier molecular flexibility index (Phi) is 3.39. The lowest BCUT2D eigenvalue weighted by atomic mass is 10.3. The van der Waals surface area contributed by atoms with Gasteiger partial charge in [-0.1, -0.05) is 11.6 Å². The van der Waals surface area contributed by atoms with Crippen molar-refractivity contribution < 1.29 is 0 Å². The van der Waals surface area contributed by atoms with Crippen LogP contribution in [0.25, 0.3) is 0 Å². The van der Waals surface area contributed by atoms with Gasteiger partial charge in [-0.05, 0) is 18.6 Å². The molecule has 0 aliphatic heterocycles. The zero-order chi connectivity index (χ0) is 12.3. The zero-order valence-corrected chi connectivity index (χ0v) is 9.95. The SMILES string of the molecule is Cc1nc(Cl)cc(NCc2cc[nH]c(=O)c2)n1. The van der Waals surface area contributed by atoms with Gasteiger partial charge in [-0.15, -0.1) is 0 Å². The number of aryl methyl sites for hydroxylation is 1. The normalized spacial score (nSPS) is 10.2. The maximum Gasteiger partial charge on any atom is 0.248 e. The molecule has 0 aromatic carbocycles. The largest absolute Gasteiger partial charge is 0.366 e. The minimum Gasteiger partial charge on any atom is -0.366 e. The molecular weight excluding hydrogens is 240 g/mol. The summed E-state index contributed by atoms with van der Waals surface area (Å²) in [7, 11) is 0. The van der Waals surface area contributed by atoms with Crippen molar-refractivity contribution in [2.75, 3.05) is 5.32 Å². The second-order valence-electron chi connectivity index (χ2n) is 3.54. The van der Waals surface area contributed by atoms with Gasteiger partial charge in [0.05, 0.1) is 0 Å². The van der Waals surface area contributed by atoms with Crippen molar-refractivity contribution in [1.29, 1.82) is 0 Å². The van der Waals surface area contributed by atoms with Crippen molar-refractivity contribution in [3.63, 3.8) is 0 Å². The fraction of sp³-hybridized carbons (Fsp3) is 0.182. The predicted octanol–water partition coefficient (Wildman–Crippen LogP) is 1.74. The van der Waals surface area contributed by atoms with Gasteiger partial charge in [-0.25, -0.2) is 9.97 Å². The summed E-state index contributed by atoms with van der Waals surface area (Å²) < 4.78 is 0. The fourth-order valence-corrected chi connectivity index (χ4v) is 1.64. The van der Waals surface area contributed by atoms with Crippen LogP contribution in [-0.4, -0.2) is 15.0 Å². The molecule has 0 aliphatic rings. The first-order valence-corrected chi connectivity index (χ1v) is 5.44. The van der Waals surface area contributed by atoms with E-state index in [0.717, 1.165) is 5.56 Å². The van der Waals surface area contributed by atoms with E-state index in [1.54, 1.807) is 19.2 Å². The third-order valence-electron chi connectivity index (χ3n) is 2.12. The van der Waals surface area contributed by atoms with Crippen molar-refractivity contribution in [1.82, 2.24) is 15.0 Å². The van der Waals surface area contributed by atoms with Crippen LogP contribution in [0.4, 0.5) is 5.82 Å². The molecule has 2 N–H and O–H groups in total. The number of nitrogens with one attached hydrogen (secondary N) is 2. The van der Waals surface area contributed by atoms with Crippen LogP contribution in [0, 0.1) is 6.92 Å². The quantitative estimate of drug-likeness (QED) is 0.814. The number of rotatable bonds is 3. The van der Waals surface area contributed by atoms with Crippen LogP contribution >= 0.6 is 11.6 Å². The minimum atomic E-state index is -0.124. The molecule has 0 amide bonds. The molecule has 2 rings (SSSR count). The topological polar surface area (TPSA) is 70.7 Å². The van der Waals surface area contributed by atoms with E-state index in [-0.39, 0.29) is 5.56 Å². The summed E-state index contributed by atoms with van der Waals surface area (Å²) >= 11 is 5.81. The molecule has 0 spiro atoms. The number of pyridine rings is 1. The maximum absolute atomic E-state index is 11.1. The lowest BCUT2D eigenvalue weighted by molar-refractivity contribution is 1.02. The first kappa shape index (κ1) is 11.6. The Morgan fingerprint density at radius 3 is 2.94 bits per heavy atom. The van der Waals surface area contributed by atoms with Crippen molar-refractivity contribution in [3.8, 4) is 0 Å². The van der Waals surface area contributed by atoms with Crippen LogP contribution in [0.5, 0.6) is 0 Å². The van der Waals surface area contributed by atoms with E-state index in [1.807, 2.05) is 6.07 Å². The van der Waals surface area contributed by atoms with Gasteiger partial charge in [0.1, 0.15) is 16.8 Å². The van der Waals surface area contributed by atoms with Crippen LogP contribution < -0.4 is 10.9 Å². The third kappa shape index (κ3) is 3.29. The highest BCUT2D eigenvalue weighted by Crippen LogP contribution is 2.11. The lowest BCUT2D eigenvalue weighted by Crippen LogP contribution is -2.08. The Labute approximate surface area is 103 Å². The van der Waals surface area contributed by atoms with Crippen molar-refractivity contribution >= 4 is 17.4 Å². The molecule has 0 saturated carbocycles. The van der Waals surface area contributed by atoms with E-state index in [2.05, 4.69) is 20.3 Å². The monoisotopic (exact) mass is 250 g/mol. The molecule has 2 heterocycles. The molecule has 0 radical (unpaired) electrons. The Morgan fingerprint density at radius 2 is 2.24 bits per heavy atom. The van der Waals surface area contributed by atoms with E-state index in [1.165, 1.54) is 6.07 Å². The zero-order valence-electron chi connectivity index (χ0n) is 9.20. The van der Waals surface area contributed by atoms with Crippen LogP contribution in [-0.2, 0) is 6.54 Å². The lowest BCUT2D eigenvalue weighted by Gasteiger charge is -2.06. The fourth-order valence-electron chi connectivity index (χ4n) is 1.41. The van der Waals surface area contributed by atoms with Crippen LogP contribution in [0.15, 0.2) is 29.2 Å². The number of aromatic amines is 1. The smallest absolute Gasteiger partial charge is 0.248 e. The number of hydrogen-bond acceptors (Lipinski definition) is 4. The molecular formula is C11H11ClN4O. The Balaban J connectivity index is 2.09. The van der Waals surface area contributed by atoms with E-state index < -0.39 is 0 Å². The van der Waals surface area contributed by atoms with E-state index >= 15 is 0 Å². The molecule has 0 saturated heterocycles. The van der Waals surface area contributed by atoms with Crippen molar-refractivity contribution in [2.24, 2.45) is 0 Å². The average molecular weight is 251 g/mol. The summed E-state index contributed by atoms with van der Waals surface area (Å²) in [4.78, 5) is 21.8. The highest BCUT2D eigenvalue weighted by molar-refractivity contribution is 6.29.